The Morgan fingerprint density at radius 1 is 1.53 bits per heavy atom. The standard InChI is InChI=1S/C14H20ClNO3/c1-3-8-19-13-6-5-11(9-12(13)15)16-10(2)4-7-14(17)18/h5-6,9-10,16H,3-4,7-8H2,1-2H3,(H,17,18). The van der Waals surface area contributed by atoms with E-state index in [0.29, 0.717) is 23.8 Å². The SMILES string of the molecule is CCCOc1ccc(NC(C)CCC(=O)O)cc1Cl. The van der Waals surface area contributed by atoms with E-state index >= 15 is 0 Å². The fourth-order valence-corrected chi connectivity index (χ4v) is 1.85. The summed E-state index contributed by atoms with van der Waals surface area (Å²) in [4.78, 5) is 10.5. The van der Waals surface area contributed by atoms with Gasteiger partial charge in [-0.25, -0.2) is 0 Å². The summed E-state index contributed by atoms with van der Waals surface area (Å²) < 4.78 is 5.49. The van der Waals surface area contributed by atoms with Crippen LogP contribution in [0.2, 0.25) is 5.02 Å². The van der Waals surface area contributed by atoms with Gasteiger partial charge in [-0.15, -0.1) is 0 Å². The van der Waals surface area contributed by atoms with Gasteiger partial charge in [-0.05, 0) is 38.0 Å². The van der Waals surface area contributed by atoms with Crippen molar-refractivity contribution in [2.45, 2.75) is 39.2 Å². The molecule has 0 saturated carbocycles. The van der Waals surface area contributed by atoms with E-state index in [1.165, 1.54) is 0 Å². The number of carboxylic acid groups (broad SMARTS) is 1. The van der Waals surface area contributed by atoms with Crippen molar-refractivity contribution >= 4 is 23.3 Å². The van der Waals surface area contributed by atoms with E-state index in [2.05, 4.69) is 5.32 Å². The van der Waals surface area contributed by atoms with Crippen LogP contribution < -0.4 is 10.1 Å². The Hall–Kier alpha value is -1.42. The lowest BCUT2D eigenvalue weighted by molar-refractivity contribution is -0.137. The van der Waals surface area contributed by atoms with Crippen molar-refractivity contribution in [3.8, 4) is 5.75 Å². The number of rotatable bonds is 8. The Bertz CT molecular complexity index is 423. The highest BCUT2D eigenvalue weighted by Gasteiger charge is 2.07. The summed E-state index contributed by atoms with van der Waals surface area (Å²) in [5.41, 5.74) is 0.867. The van der Waals surface area contributed by atoms with Gasteiger partial charge in [0, 0.05) is 18.2 Å². The highest BCUT2D eigenvalue weighted by Crippen LogP contribution is 2.28. The molecule has 1 unspecified atom stereocenters. The summed E-state index contributed by atoms with van der Waals surface area (Å²) in [6.07, 6.45) is 1.66. The highest BCUT2D eigenvalue weighted by atomic mass is 35.5. The van der Waals surface area contributed by atoms with Crippen LogP contribution in [-0.2, 0) is 4.79 Å². The lowest BCUT2D eigenvalue weighted by Gasteiger charge is -2.15. The minimum Gasteiger partial charge on any atom is -0.492 e. The van der Waals surface area contributed by atoms with Crippen LogP contribution in [0, 0.1) is 0 Å². The number of benzene rings is 1. The minimum absolute atomic E-state index is 0.0783. The molecule has 1 aromatic rings. The summed E-state index contributed by atoms with van der Waals surface area (Å²) in [6, 6.07) is 5.58. The summed E-state index contributed by atoms with van der Waals surface area (Å²) in [7, 11) is 0. The van der Waals surface area contributed by atoms with Crippen LogP contribution in [0.1, 0.15) is 33.1 Å². The zero-order valence-corrected chi connectivity index (χ0v) is 12.0. The van der Waals surface area contributed by atoms with Crippen LogP contribution in [-0.4, -0.2) is 23.7 Å². The Morgan fingerprint density at radius 2 is 2.26 bits per heavy atom. The van der Waals surface area contributed by atoms with E-state index in [1.54, 1.807) is 6.07 Å². The third-order valence-electron chi connectivity index (χ3n) is 2.60. The Morgan fingerprint density at radius 3 is 2.84 bits per heavy atom. The molecule has 1 aromatic carbocycles. The maximum Gasteiger partial charge on any atom is 0.303 e. The van der Waals surface area contributed by atoms with Crippen LogP contribution in [0.25, 0.3) is 0 Å². The molecular weight excluding hydrogens is 266 g/mol. The van der Waals surface area contributed by atoms with Gasteiger partial charge in [-0.3, -0.25) is 4.79 Å². The van der Waals surface area contributed by atoms with Gasteiger partial charge in [-0.2, -0.15) is 0 Å². The van der Waals surface area contributed by atoms with Crippen LogP contribution >= 0.6 is 11.6 Å². The normalized spacial score (nSPS) is 11.9. The molecule has 0 fully saturated rings. The number of aliphatic carboxylic acids is 1. The van der Waals surface area contributed by atoms with E-state index in [0.717, 1.165) is 12.1 Å². The number of carboxylic acids is 1. The van der Waals surface area contributed by atoms with Gasteiger partial charge in [-0.1, -0.05) is 18.5 Å². The van der Waals surface area contributed by atoms with Crippen molar-refractivity contribution in [2.75, 3.05) is 11.9 Å². The topological polar surface area (TPSA) is 58.6 Å². The molecule has 0 radical (unpaired) electrons. The molecule has 106 valence electrons. The second kappa shape index (κ2) is 7.89. The Labute approximate surface area is 118 Å². The molecule has 4 nitrogen and oxygen atoms in total. The zero-order valence-electron chi connectivity index (χ0n) is 11.3. The number of hydrogen-bond donors (Lipinski definition) is 2. The zero-order chi connectivity index (χ0) is 14.3. The highest BCUT2D eigenvalue weighted by molar-refractivity contribution is 6.32. The smallest absolute Gasteiger partial charge is 0.303 e. The van der Waals surface area contributed by atoms with Gasteiger partial charge in [0.2, 0.25) is 0 Å². The Balaban J connectivity index is 2.55. The molecule has 1 atom stereocenters. The molecule has 0 saturated heterocycles. The predicted octanol–water partition coefficient (Wildman–Crippen LogP) is 3.79. The van der Waals surface area contributed by atoms with Crippen molar-refractivity contribution in [3.05, 3.63) is 23.2 Å². The van der Waals surface area contributed by atoms with Crippen molar-refractivity contribution in [1.29, 1.82) is 0 Å². The monoisotopic (exact) mass is 285 g/mol. The molecule has 0 bridgehead atoms. The molecule has 0 aliphatic heterocycles. The minimum atomic E-state index is -0.782. The maximum atomic E-state index is 10.5. The molecular formula is C14H20ClNO3. The van der Waals surface area contributed by atoms with Gasteiger partial charge < -0.3 is 15.2 Å². The fourth-order valence-electron chi connectivity index (χ4n) is 1.62. The molecule has 0 heterocycles. The number of ether oxygens (including phenoxy) is 1. The van der Waals surface area contributed by atoms with Gasteiger partial charge in [0.05, 0.1) is 11.6 Å². The average Bonchev–Trinajstić information content (AvgIpc) is 2.35. The number of halogens is 1. The lowest BCUT2D eigenvalue weighted by Crippen LogP contribution is -2.16. The quantitative estimate of drug-likeness (QED) is 0.763. The van der Waals surface area contributed by atoms with Crippen LogP contribution in [0.4, 0.5) is 5.69 Å². The number of carbonyl (C=O) groups is 1. The molecule has 0 amide bonds. The molecule has 0 aliphatic rings. The van der Waals surface area contributed by atoms with E-state index in [4.69, 9.17) is 21.4 Å². The number of nitrogens with one attached hydrogen (secondary N) is 1. The molecule has 1 rings (SSSR count). The van der Waals surface area contributed by atoms with Gasteiger partial charge in [0.1, 0.15) is 5.75 Å². The average molecular weight is 286 g/mol. The maximum absolute atomic E-state index is 10.5. The first kappa shape index (κ1) is 15.6. The van der Waals surface area contributed by atoms with Gasteiger partial charge in [0.25, 0.3) is 0 Å². The van der Waals surface area contributed by atoms with Crippen molar-refractivity contribution in [1.82, 2.24) is 0 Å². The number of anilines is 1. The molecule has 19 heavy (non-hydrogen) atoms. The van der Waals surface area contributed by atoms with Crippen LogP contribution in [0.3, 0.4) is 0 Å². The summed E-state index contributed by atoms with van der Waals surface area (Å²) in [6.45, 7) is 4.62. The molecule has 0 aromatic heterocycles. The lowest BCUT2D eigenvalue weighted by atomic mass is 10.1. The van der Waals surface area contributed by atoms with Gasteiger partial charge >= 0.3 is 5.97 Å². The van der Waals surface area contributed by atoms with Crippen molar-refractivity contribution in [3.63, 3.8) is 0 Å². The second-order valence-electron chi connectivity index (χ2n) is 4.47. The van der Waals surface area contributed by atoms with Gasteiger partial charge in [0.15, 0.2) is 0 Å². The first-order valence-electron chi connectivity index (χ1n) is 6.43. The van der Waals surface area contributed by atoms with E-state index in [1.807, 2.05) is 26.0 Å². The van der Waals surface area contributed by atoms with Crippen molar-refractivity contribution in [2.24, 2.45) is 0 Å². The third kappa shape index (κ3) is 5.83. The molecule has 0 spiro atoms. The summed E-state index contributed by atoms with van der Waals surface area (Å²) >= 11 is 6.12. The largest absolute Gasteiger partial charge is 0.492 e. The number of hydrogen-bond acceptors (Lipinski definition) is 3. The molecule has 0 aliphatic carbocycles. The van der Waals surface area contributed by atoms with Crippen molar-refractivity contribution < 1.29 is 14.6 Å². The summed E-state index contributed by atoms with van der Waals surface area (Å²) in [5.74, 6) is -0.109. The van der Waals surface area contributed by atoms with Crippen LogP contribution in [0.5, 0.6) is 5.75 Å². The predicted molar refractivity (Wildman–Crippen MR) is 77.2 cm³/mol. The first-order valence-corrected chi connectivity index (χ1v) is 6.81. The third-order valence-corrected chi connectivity index (χ3v) is 2.89. The molecule has 2 N–H and O–H groups in total. The fraction of sp³-hybridized carbons (Fsp3) is 0.500. The van der Waals surface area contributed by atoms with E-state index < -0.39 is 5.97 Å². The van der Waals surface area contributed by atoms with E-state index in [9.17, 15) is 4.79 Å². The van der Waals surface area contributed by atoms with E-state index in [-0.39, 0.29) is 12.5 Å². The second-order valence-corrected chi connectivity index (χ2v) is 4.88. The van der Waals surface area contributed by atoms with Crippen LogP contribution in [0.15, 0.2) is 18.2 Å². The Kier molecular flexibility index (Phi) is 6.50. The summed E-state index contributed by atoms with van der Waals surface area (Å²) in [5, 5.41) is 12.4. The molecule has 5 heteroatoms. The first-order chi connectivity index (χ1) is 9.02.